The molecule has 0 spiro atoms. The van der Waals surface area contributed by atoms with Gasteiger partial charge in [-0.1, -0.05) is 23.2 Å². The van der Waals surface area contributed by atoms with Gasteiger partial charge in [0.05, 0.1) is 35.4 Å². The number of nitrogen functional groups attached to an aromatic ring is 1. The largest absolute Gasteiger partial charge is 0.399 e. The number of hydrogen-bond donors (Lipinski definition) is 5. The van der Waals surface area contributed by atoms with Gasteiger partial charge >= 0.3 is 0 Å². The lowest BCUT2D eigenvalue weighted by Crippen LogP contribution is -2.57. The zero-order chi connectivity index (χ0) is 14.6. The molecule has 0 bridgehead atoms. The van der Waals surface area contributed by atoms with Gasteiger partial charge in [-0.15, -0.1) is 0 Å². The van der Waals surface area contributed by atoms with Crippen LogP contribution in [0, 0.1) is 0 Å². The highest BCUT2D eigenvalue weighted by Crippen LogP contribution is 2.29. The number of benzene rings is 1. The molecule has 0 radical (unpaired) electrons. The molecule has 1 aromatic rings. The normalized spacial score (nSPS) is 11.4. The van der Waals surface area contributed by atoms with E-state index >= 15 is 0 Å². The second-order valence-electron chi connectivity index (χ2n) is 4.07. The number of aliphatic hydroxyl groups excluding tert-OH is 3. The van der Waals surface area contributed by atoms with Gasteiger partial charge in [0.1, 0.15) is 5.54 Å². The van der Waals surface area contributed by atoms with Gasteiger partial charge in [0.25, 0.3) is 5.91 Å². The van der Waals surface area contributed by atoms with E-state index in [4.69, 9.17) is 44.3 Å². The van der Waals surface area contributed by atoms with Gasteiger partial charge in [0.15, 0.2) is 0 Å². The zero-order valence-corrected chi connectivity index (χ0v) is 11.4. The van der Waals surface area contributed by atoms with Crippen LogP contribution in [0.15, 0.2) is 12.1 Å². The van der Waals surface area contributed by atoms with Crippen LogP contribution in [-0.4, -0.2) is 46.6 Å². The Bertz CT molecular complexity index is 470. The van der Waals surface area contributed by atoms with Gasteiger partial charge in [0, 0.05) is 5.69 Å². The lowest BCUT2D eigenvalue weighted by molar-refractivity contribution is 0.0375. The molecule has 0 aromatic heterocycles. The van der Waals surface area contributed by atoms with Crippen LogP contribution in [0.4, 0.5) is 5.69 Å². The summed E-state index contributed by atoms with van der Waals surface area (Å²) in [5, 5.41) is 29.8. The van der Waals surface area contributed by atoms with Crippen molar-refractivity contribution in [1.82, 2.24) is 5.32 Å². The third-order valence-corrected chi connectivity index (χ3v) is 3.38. The van der Waals surface area contributed by atoms with Crippen molar-refractivity contribution in [3.05, 3.63) is 27.7 Å². The summed E-state index contributed by atoms with van der Waals surface area (Å²) >= 11 is 11.7. The van der Waals surface area contributed by atoms with E-state index < -0.39 is 31.3 Å². The van der Waals surface area contributed by atoms with Crippen LogP contribution in [0.3, 0.4) is 0 Å². The minimum Gasteiger partial charge on any atom is -0.399 e. The topological polar surface area (TPSA) is 116 Å². The van der Waals surface area contributed by atoms with Gasteiger partial charge in [-0.05, 0) is 12.1 Å². The number of rotatable bonds is 5. The van der Waals surface area contributed by atoms with Gasteiger partial charge in [-0.25, -0.2) is 0 Å². The average molecular weight is 309 g/mol. The van der Waals surface area contributed by atoms with Gasteiger partial charge in [0.2, 0.25) is 0 Å². The summed E-state index contributed by atoms with van der Waals surface area (Å²) in [6.45, 7) is -1.92. The zero-order valence-electron chi connectivity index (χ0n) is 9.86. The van der Waals surface area contributed by atoms with Crippen LogP contribution >= 0.6 is 23.2 Å². The van der Waals surface area contributed by atoms with E-state index in [0.29, 0.717) is 0 Å². The summed E-state index contributed by atoms with van der Waals surface area (Å²) in [5.41, 5.74) is 4.24. The summed E-state index contributed by atoms with van der Waals surface area (Å²) in [5.74, 6) is -0.712. The summed E-state index contributed by atoms with van der Waals surface area (Å²) in [6.07, 6.45) is 0. The highest BCUT2D eigenvalue weighted by atomic mass is 35.5. The molecule has 0 aliphatic carbocycles. The Balaban J connectivity index is 3.08. The van der Waals surface area contributed by atoms with E-state index in [1.807, 2.05) is 0 Å². The molecule has 6 N–H and O–H groups in total. The lowest BCUT2D eigenvalue weighted by Gasteiger charge is -2.28. The molecule has 8 heteroatoms. The van der Waals surface area contributed by atoms with Crippen molar-refractivity contribution in [3.8, 4) is 0 Å². The molecule has 0 aliphatic rings. The predicted molar refractivity (Wildman–Crippen MR) is 72.3 cm³/mol. The van der Waals surface area contributed by atoms with Crippen LogP contribution < -0.4 is 11.1 Å². The number of carbonyl (C=O) groups excluding carboxylic acids is 1. The maximum absolute atomic E-state index is 12.0. The van der Waals surface area contributed by atoms with Gasteiger partial charge < -0.3 is 26.4 Å². The molecule has 1 rings (SSSR count). The first-order chi connectivity index (χ1) is 8.89. The number of hydrogen-bond acceptors (Lipinski definition) is 5. The number of amides is 1. The van der Waals surface area contributed by atoms with Crippen molar-refractivity contribution in [1.29, 1.82) is 0 Å². The van der Waals surface area contributed by atoms with Crippen molar-refractivity contribution in [2.24, 2.45) is 0 Å². The summed E-state index contributed by atoms with van der Waals surface area (Å²) < 4.78 is 0. The fourth-order valence-electron chi connectivity index (χ4n) is 1.35. The number of nitrogens with one attached hydrogen (secondary N) is 1. The molecule has 0 saturated carbocycles. The summed E-state index contributed by atoms with van der Waals surface area (Å²) in [7, 11) is 0. The Morgan fingerprint density at radius 2 is 1.74 bits per heavy atom. The maximum Gasteiger partial charge on any atom is 0.253 e. The minimum absolute atomic E-state index is 0.00362. The highest BCUT2D eigenvalue weighted by molar-refractivity contribution is 6.44. The van der Waals surface area contributed by atoms with Crippen molar-refractivity contribution < 1.29 is 20.1 Å². The number of halogens is 2. The molecule has 0 fully saturated rings. The monoisotopic (exact) mass is 308 g/mol. The standard InChI is InChI=1S/C11H14Cl2N2O4/c12-8-2-6(14)1-7(9(8)13)10(19)15-11(3-16,4-17)5-18/h1-2,16-18H,3-5,14H2,(H,15,19). The number of aliphatic hydroxyl groups is 3. The summed E-state index contributed by atoms with van der Waals surface area (Å²) in [6, 6.07) is 2.69. The van der Waals surface area contributed by atoms with E-state index in [-0.39, 0.29) is 21.3 Å². The van der Waals surface area contributed by atoms with E-state index in [1.165, 1.54) is 12.1 Å². The number of carbonyl (C=O) groups is 1. The quantitative estimate of drug-likeness (QED) is 0.492. The molecule has 6 nitrogen and oxygen atoms in total. The van der Waals surface area contributed by atoms with Crippen LogP contribution in [0.1, 0.15) is 10.4 Å². The molecular formula is C11H14Cl2N2O4. The molecule has 1 amide bonds. The predicted octanol–water partition coefficient (Wildman–Crippen LogP) is 0.0211. The first kappa shape index (κ1) is 16.0. The molecule has 1 aromatic carbocycles. The molecule has 0 saturated heterocycles. The Labute approximate surface area is 119 Å². The SMILES string of the molecule is Nc1cc(Cl)c(Cl)c(C(=O)NC(CO)(CO)CO)c1. The third kappa shape index (κ3) is 3.49. The molecular weight excluding hydrogens is 295 g/mol. The number of nitrogens with two attached hydrogens (primary N) is 1. The Hall–Kier alpha value is -1.05. The van der Waals surface area contributed by atoms with Crippen LogP contribution in [0.5, 0.6) is 0 Å². The highest BCUT2D eigenvalue weighted by Gasteiger charge is 2.31. The first-order valence-electron chi connectivity index (χ1n) is 5.28. The van der Waals surface area contributed by atoms with Crippen molar-refractivity contribution in [2.75, 3.05) is 25.6 Å². The molecule has 0 atom stereocenters. The second kappa shape index (κ2) is 6.40. The Morgan fingerprint density at radius 3 is 2.21 bits per heavy atom. The van der Waals surface area contributed by atoms with Gasteiger partial charge in [-0.2, -0.15) is 0 Å². The first-order valence-corrected chi connectivity index (χ1v) is 6.04. The van der Waals surface area contributed by atoms with E-state index in [0.717, 1.165) is 0 Å². The van der Waals surface area contributed by atoms with Crippen LogP contribution in [0.25, 0.3) is 0 Å². The lowest BCUT2D eigenvalue weighted by atomic mass is 10.0. The minimum atomic E-state index is -1.54. The second-order valence-corrected chi connectivity index (χ2v) is 4.86. The van der Waals surface area contributed by atoms with Crippen LogP contribution in [-0.2, 0) is 0 Å². The molecule has 0 unspecified atom stereocenters. The van der Waals surface area contributed by atoms with Crippen molar-refractivity contribution in [2.45, 2.75) is 5.54 Å². The Morgan fingerprint density at radius 1 is 1.21 bits per heavy atom. The molecule has 0 heterocycles. The van der Waals surface area contributed by atoms with Gasteiger partial charge in [-0.3, -0.25) is 4.79 Å². The molecule has 106 valence electrons. The maximum atomic E-state index is 12.0. The average Bonchev–Trinajstić information content (AvgIpc) is 2.40. The fraction of sp³-hybridized carbons (Fsp3) is 0.364. The summed E-state index contributed by atoms with van der Waals surface area (Å²) in [4.78, 5) is 12.0. The van der Waals surface area contributed by atoms with Crippen molar-refractivity contribution >= 4 is 34.8 Å². The van der Waals surface area contributed by atoms with Crippen LogP contribution in [0.2, 0.25) is 10.0 Å². The number of anilines is 1. The fourth-order valence-corrected chi connectivity index (χ4v) is 1.77. The molecule has 19 heavy (non-hydrogen) atoms. The van der Waals surface area contributed by atoms with Crippen molar-refractivity contribution in [3.63, 3.8) is 0 Å². The molecule has 0 aliphatic heterocycles. The van der Waals surface area contributed by atoms with E-state index in [9.17, 15) is 4.79 Å². The smallest absolute Gasteiger partial charge is 0.253 e. The Kier molecular flexibility index (Phi) is 5.39. The van der Waals surface area contributed by atoms with E-state index in [1.54, 1.807) is 0 Å². The third-order valence-electron chi connectivity index (χ3n) is 2.58. The van der Waals surface area contributed by atoms with E-state index in [2.05, 4.69) is 5.32 Å².